The minimum Gasteiger partial charge on any atom is -0.294 e. The van der Waals surface area contributed by atoms with Gasteiger partial charge >= 0.3 is 18.5 Å². The van der Waals surface area contributed by atoms with Crippen LogP contribution in [0.5, 0.6) is 0 Å². The summed E-state index contributed by atoms with van der Waals surface area (Å²) in [6, 6.07) is 4.27. The van der Waals surface area contributed by atoms with Crippen LogP contribution in [0.3, 0.4) is 0 Å². The number of carbonyl (C=O) groups is 1. The van der Waals surface area contributed by atoms with Crippen molar-refractivity contribution >= 4 is 49.0 Å². The number of carbonyl (C=O) groups excluding carboxylic acids is 1. The number of allylic oxidation sites excluding steroid dienone is 1. The van der Waals surface area contributed by atoms with Crippen LogP contribution < -0.4 is 0 Å². The molecule has 2 rings (SSSR count). The first kappa shape index (κ1) is 34.1. The van der Waals surface area contributed by atoms with Crippen LogP contribution in [0.4, 0.5) is 43.9 Å². The molecule has 1 unspecified atom stereocenters. The molecule has 2 atom stereocenters. The summed E-state index contributed by atoms with van der Waals surface area (Å²) in [4.78, 5) is 12.5. The Morgan fingerprint density at radius 1 is 1.00 bits per heavy atom. The topological polar surface area (TPSA) is 51.2 Å². The Balaban J connectivity index is 2.43. The summed E-state index contributed by atoms with van der Waals surface area (Å²) in [5.74, 6) is -10.2. The van der Waals surface area contributed by atoms with E-state index in [2.05, 4.69) is 15.9 Å². The minimum atomic E-state index is -5.29. The third kappa shape index (κ3) is 9.75. The van der Waals surface area contributed by atoms with Crippen molar-refractivity contribution in [2.45, 2.75) is 37.8 Å². The fraction of sp³-hybridized carbons (Fsp3) is 0.375. The number of sulfone groups is 1. The molecular weight excluding hydrogens is 674 g/mol. The van der Waals surface area contributed by atoms with Crippen molar-refractivity contribution in [3.63, 3.8) is 0 Å². The Labute approximate surface area is 235 Å². The first-order chi connectivity index (χ1) is 18.0. The number of rotatable bonds is 9. The predicted octanol–water partition coefficient (Wildman–Crippen LogP) is 8.96. The molecule has 2 aromatic carbocycles. The molecule has 0 aliphatic rings. The molecule has 0 aliphatic carbocycles. The van der Waals surface area contributed by atoms with Crippen LogP contribution in [0.1, 0.15) is 46.3 Å². The van der Waals surface area contributed by atoms with Crippen molar-refractivity contribution in [1.82, 2.24) is 0 Å². The molecule has 16 heteroatoms. The summed E-state index contributed by atoms with van der Waals surface area (Å²) in [5.41, 5.74) is -4.19. The average molecular weight is 692 g/mol. The van der Waals surface area contributed by atoms with Crippen molar-refractivity contribution in [2.24, 2.45) is 5.92 Å². The number of hydrogen-bond donors (Lipinski definition) is 0. The summed E-state index contributed by atoms with van der Waals surface area (Å²) < 4.78 is 158. The van der Waals surface area contributed by atoms with Gasteiger partial charge in [-0.15, -0.1) is 0 Å². The Hall–Kier alpha value is -2.13. The lowest BCUT2D eigenvalue weighted by molar-refractivity contribution is -0.140. The highest BCUT2D eigenvalue weighted by Crippen LogP contribution is 2.41. The van der Waals surface area contributed by atoms with Gasteiger partial charge < -0.3 is 0 Å². The maximum absolute atomic E-state index is 14.9. The zero-order chi connectivity index (χ0) is 30.8. The molecular formula is C24H18BrClF10O3S. The lowest BCUT2D eigenvalue weighted by Crippen LogP contribution is -2.28. The van der Waals surface area contributed by atoms with E-state index in [1.165, 1.54) is 0 Å². The molecule has 0 N–H and O–H groups in total. The van der Waals surface area contributed by atoms with Gasteiger partial charge in [0.05, 0.1) is 16.3 Å². The molecule has 3 nitrogen and oxygen atoms in total. The molecule has 0 bridgehead atoms. The summed E-state index contributed by atoms with van der Waals surface area (Å²) in [6.07, 6.45) is -16.3. The van der Waals surface area contributed by atoms with E-state index in [9.17, 15) is 57.1 Å². The van der Waals surface area contributed by atoms with Crippen molar-refractivity contribution in [2.75, 3.05) is 11.5 Å². The summed E-state index contributed by atoms with van der Waals surface area (Å²) in [7, 11) is -4.73. The molecule has 0 amide bonds. The van der Waals surface area contributed by atoms with E-state index >= 15 is 0 Å². The largest absolute Gasteiger partial charge is 0.417 e. The highest BCUT2D eigenvalue weighted by Gasteiger charge is 2.41. The van der Waals surface area contributed by atoms with Crippen molar-refractivity contribution in [3.05, 3.63) is 74.2 Å². The Kier molecular flexibility index (Phi) is 10.6. The van der Waals surface area contributed by atoms with Gasteiger partial charge in [-0.3, -0.25) is 4.79 Å². The zero-order valence-electron chi connectivity index (χ0n) is 20.0. The molecule has 0 spiro atoms. The Bertz CT molecular complexity index is 1380. The SMILES string of the molecule is C[C@@H](CC(=O)c1ccc(/C(F)=C/C(c2ccc(Cl)c(Br)c2)C(F)(F)F)cc1C(F)(F)F)CS(=O)(=O)CC(F)(F)F. The lowest BCUT2D eigenvalue weighted by Gasteiger charge is -2.19. The Morgan fingerprint density at radius 3 is 2.10 bits per heavy atom. The van der Waals surface area contributed by atoms with E-state index in [0.29, 0.717) is 12.1 Å². The van der Waals surface area contributed by atoms with E-state index in [1.54, 1.807) is 0 Å². The highest BCUT2D eigenvalue weighted by molar-refractivity contribution is 9.10. The van der Waals surface area contributed by atoms with Gasteiger partial charge in [0.2, 0.25) is 0 Å². The number of halogens is 12. The van der Waals surface area contributed by atoms with Crippen molar-refractivity contribution < 1.29 is 57.1 Å². The number of ketones is 1. The second-order valence-corrected chi connectivity index (χ2v) is 12.2. The fourth-order valence-electron chi connectivity index (χ4n) is 3.73. The van der Waals surface area contributed by atoms with E-state index in [1.807, 2.05) is 0 Å². The first-order valence-corrected chi connectivity index (χ1v) is 13.9. The molecule has 0 saturated heterocycles. The van der Waals surface area contributed by atoms with Crippen molar-refractivity contribution in [1.29, 1.82) is 0 Å². The van der Waals surface area contributed by atoms with Crippen LogP contribution in [0, 0.1) is 5.92 Å². The van der Waals surface area contributed by atoms with Gasteiger partial charge in [0, 0.05) is 22.0 Å². The molecule has 0 fully saturated rings. The summed E-state index contributed by atoms with van der Waals surface area (Å²) in [6.45, 7) is 1.04. The van der Waals surface area contributed by atoms with E-state index in [0.717, 1.165) is 25.1 Å². The van der Waals surface area contributed by atoms with E-state index < -0.39 is 92.0 Å². The van der Waals surface area contributed by atoms with Crippen LogP contribution in [0.2, 0.25) is 5.02 Å². The molecule has 0 saturated carbocycles. The van der Waals surface area contributed by atoms with Crippen LogP contribution in [-0.4, -0.2) is 38.1 Å². The van der Waals surface area contributed by atoms with Crippen LogP contribution in [0.15, 0.2) is 46.9 Å². The van der Waals surface area contributed by atoms with Gasteiger partial charge in [-0.1, -0.05) is 36.7 Å². The molecule has 0 radical (unpaired) electrons. The average Bonchev–Trinajstić information content (AvgIpc) is 2.75. The van der Waals surface area contributed by atoms with Gasteiger partial charge in [-0.05, 0) is 51.7 Å². The Morgan fingerprint density at radius 2 is 1.60 bits per heavy atom. The van der Waals surface area contributed by atoms with Gasteiger partial charge in [0.15, 0.2) is 15.6 Å². The van der Waals surface area contributed by atoms with E-state index in [4.69, 9.17) is 11.6 Å². The third-order valence-corrected chi connectivity index (χ3v) is 8.38. The number of Topliss-reactive ketones (excluding diaryl/α,β-unsaturated/α-hetero) is 1. The van der Waals surface area contributed by atoms with Crippen LogP contribution >= 0.6 is 27.5 Å². The monoisotopic (exact) mass is 690 g/mol. The number of benzene rings is 2. The highest BCUT2D eigenvalue weighted by atomic mass is 79.9. The standard InChI is InChI=1S/C24H18BrClF10O3S/c1-12(10-40(38,39)11-22(28,29)30)6-21(37)15-4-2-14(7-17(15)24(34,35)36)20(27)9-16(23(31,32)33)13-3-5-19(26)18(25)8-13/h2-5,7-9,12,16H,6,10-11H2,1H3/b20-9-/t12-,16?/m0/s1. The maximum Gasteiger partial charge on any atom is 0.417 e. The molecule has 40 heavy (non-hydrogen) atoms. The van der Waals surface area contributed by atoms with Gasteiger partial charge in [-0.25, -0.2) is 12.8 Å². The maximum atomic E-state index is 14.9. The molecule has 2 aromatic rings. The van der Waals surface area contributed by atoms with Gasteiger partial charge in [-0.2, -0.15) is 39.5 Å². The molecule has 222 valence electrons. The van der Waals surface area contributed by atoms with Crippen LogP contribution in [0.25, 0.3) is 5.83 Å². The lowest BCUT2D eigenvalue weighted by atomic mass is 9.93. The normalized spacial score (nSPS) is 15.2. The third-order valence-electron chi connectivity index (χ3n) is 5.33. The second kappa shape index (κ2) is 12.4. The van der Waals surface area contributed by atoms with E-state index in [-0.39, 0.29) is 21.6 Å². The first-order valence-electron chi connectivity index (χ1n) is 10.9. The van der Waals surface area contributed by atoms with Gasteiger partial charge in [0.1, 0.15) is 17.5 Å². The quantitative estimate of drug-likeness (QED) is 0.195. The molecule has 0 aromatic heterocycles. The predicted molar refractivity (Wildman–Crippen MR) is 131 cm³/mol. The molecule has 0 aliphatic heterocycles. The minimum absolute atomic E-state index is 0.0523. The second-order valence-electron chi connectivity index (χ2n) is 8.87. The van der Waals surface area contributed by atoms with Crippen molar-refractivity contribution in [3.8, 4) is 0 Å². The smallest absolute Gasteiger partial charge is 0.294 e. The molecule has 0 heterocycles. The summed E-state index contributed by atoms with van der Waals surface area (Å²) >= 11 is 8.70. The van der Waals surface area contributed by atoms with Gasteiger partial charge in [0.25, 0.3) is 0 Å². The number of hydrogen-bond acceptors (Lipinski definition) is 3. The zero-order valence-corrected chi connectivity index (χ0v) is 23.1. The van der Waals surface area contributed by atoms with Crippen LogP contribution in [-0.2, 0) is 16.0 Å². The number of alkyl halides is 9. The summed E-state index contributed by atoms with van der Waals surface area (Å²) in [5, 5.41) is 0.0523. The fourth-order valence-corrected chi connectivity index (χ4v) is 5.84.